The van der Waals surface area contributed by atoms with E-state index in [-0.39, 0.29) is 22.9 Å². The molecular formula is C28H20BF3N2OP+. The summed E-state index contributed by atoms with van der Waals surface area (Å²) in [5.41, 5.74) is 0.311. The Hall–Kier alpha value is -3.88. The van der Waals surface area contributed by atoms with Gasteiger partial charge in [-0.1, -0.05) is 60.1 Å². The number of nitriles is 1. The average Bonchev–Trinajstić information content (AvgIpc) is 2.89. The SMILES string of the molecule is [B]c1cc(C#N)cc(C[P+](c2ccccc2)(c2ccccc2)c2ccccc2)c1NC(=O)C(F)(F)F. The Balaban J connectivity index is 2.02. The lowest BCUT2D eigenvalue weighted by Gasteiger charge is -2.29. The highest BCUT2D eigenvalue weighted by atomic mass is 31.2. The number of anilines is 1. The van der Waals surface area contributed by atoms with Crippen LogP contribution in [0.25, 0.3) is 0 Å². The smallest absolute Gasteiger partial charge is 0.318 e. The molecule has 8 heteroatoms. The van der Waals surface area contributed by atoms with Crippen molar-refractivity contribution in [3.63, 3.8) is 0 Å². The van der Waals surface area contributed by atoms with E-state index in [1.165, 1.54) is 12.1 Å². The van der Waals surface area contributed by atoms with Crippen LogP contribution < -0.4 is 26.7 Å². The van der Waals surface area contributed by atoms with Crippen molar-refractivity contribution in [1.29, 1.82) is 5.26 Å². The van der Waals surface area contributed by atoms with E-state index < -0.39 is 19.3 Å². The van der Waals surface area contributed by atoms with Crippen molar-refractivity contribution >= 4 is 48.1 Å². The maximum atomic E-state index is 13.2. The first-order valence-corrected chi connectivity index (χ1v) is 13.0. The Morgan fingerprint density at radius 1 is 0.833 bits per heavy atom. The van der Waals surface area contributed by atoms with E-state index in [0.29, 0.717) is 5.56 Å². The van der Waals surface area contributed by atoms with Gasteiger partial charge in [-0.25, -0.2) is 0 Å². The van der Waals surface area contributed by atoms with Gasteiger partial charge in [-0.3, -0.25) is 4.79 Å². The van der Waals surface area contributed by atoms with Crippen LogP contribution in [0.2, 0.25) is 0 Å². The lowest BCUT2D eigenvalue weighted by Crippen LogP contribution is -2.35. The van der Waals surface area contributed by atoms with Crippen LogP contribution in [-0.4, -0.2) is 19.9 Å². The van der Waals surface area contributed by atoms with Crippen LogP contribution in [0.1, 0.15) is 11.1 Å². The molecule has 4 aromatic carbocycles. The zero-order valence-electron chi connectivity index (χ0n) is 19.0. The number of alkyl halides is 3. The molecule has 0 bridgehead atoms. The monoisotopic (exact) mass is 499 g/mol. The summed E-state index contributed by atoms with van der Waals surface area (Å²) in [7, 11) is 3.57. The Bertz CT molecular complexity index is 1310. The number of hydrogen-bond acceptors (Lipinski definition) is 2. The first-order chi connectivity index (χ1) is 17.3. The van der Waals surface area contributed by atoms with Crippen molar-refractivity contribution in [3.05, 3.63) is 114 Å². The highest BCUT2D eigenvalue weighted by Crippen LogP contribution is 2.58. The van der Waals surface area contributed by atoms with Gasteiger partial charge < -0.3 is 5.32 Å². The third-order valence-corrected chi connectivity index (χ3v) is 10.2. The maximum Gasteiger partial charge on any atom is 0.471 e. The molecule has 36 heavy (non-hydrogen) atoms. The second-order valence-electron chi connectivity index (χ2n) is 8.14. The summed E-state index contributed by atoms with van der Waals surface area (Å²) in [6.45, 7) is 0. The molecule has 4 aromatic rings. The van der Waals surface area contributed by atoms with Crippen LogP contribution in [0, 0.1) is 11.3 Å². The van der Waals surface area contributed by atoms with Crippen LogP contribution in [0.5, 0.6) is 0 Å². The third-order valence-electron chi connectivity index (χ3n) is 5.87. The summed E-state index contributed by atoms with van der Waals surface area (Å²) in [4.78, 5) is 11.9. The molecule has 0 saturated carbocycles. The van der Waals surface area contributed by atoms with Gasteiger partial charge in [0.15, 0.2) is 0 Å². The van der Waals surface area contributed by atoms with E-state index in [4.69, 9.17) is 7.85 Å². The molecule has 0 atom stereocenters. The molecule has 1 N–H and O–H groups in total. The Morgan fingerprint density at radius 2 is 1.28 bits per heavy atom. The van der Waals surface area contributed by atoms with Crippen LogP contribution >= 0.6 is 7.26 Å². The van der Waals surface area contributed by atoms with Crippen molar-refractivity contribution in [2.75, 3.05) is 5.32 Å². The fourth-order valence-electron chi connectivity index (χ4n) is 4.28. The first-order valence-electron chi connectivity index (χ1n) is 11.0. The fraction of sp³-hybridized carbons (Fsp3) is 0.0714. The van der Waals surface area contributed by atoms with Crippen LogP contribution in [0.15, 0.2) is 103 Å². The van der Waals surface area contributed by atoms with Crippen molar-refractivity contribution in [2.45, 2.75) is 12.3 Å². The second-order valence-corrected chi connectivity index (χ2v) is 11.6. The Kier molecular flexibility index (Phi) is 7.28. The minimum absolute atomic E-state index is 0.103. The lowest BCUT2D eigenvalue weighted by molar-refractivity contribution is -0.167. The molecule has 3 nitrogen and oxygen atoms in total. The van der Waals surface area contributed by atoms with Crippen molar-refractivity contribution in [3.8, 4) is 6.07 Å². The zero-order valence-corrected chi connectivity index (χ0v) is 19.9. The normalized spacial score (nSPS) is 11.5. The number of amides is 1. The quantitative estimate of drug-likeness (QED) is 0.317. The molecule has 0 aromatic heterocycles. The van der Waals surface area contributed by atoms with Crippen LogP contribution in [0.3, 0.4) is 0 Å². The van der Waals surface area contributed by atoms with Gasteiger partial charge in [0.2, 0.25) is 0 Å². The summed E-state index contributed by atoms with van der Waals surface area (Å²) < 4.78 is 39.5. The molecule has 0 spiro atoms. The number of halogens is 3. The maximum absolute atomic E-state index is 13.2. The van der Waals surface area contributed by atoms with Gasteiger partial charge in [0, 0.05) is 11.3 Å². The third kappa shape index (κ3) is 5.05. The highest BCUT2D eigenvalue weighted by molar-refractivity contribution is 7.95. The second kappa shape index (κ2) is 10.4. The molecule has 0 unspecified atom stereocenters. The highest BCUT2D eigenvalue weighted by Gasteiger charge is 2.46. The largest absolute Gasteiger partial charge is 0.471 e. The van der Waals surface area contributed by atoms with Gasteiger partial charge in [-0.05, 0) is 48.5 Å². The number of carbonyl (C=O) groups is 1. The van der Waals surface area contributed by atoms with E-state index in [9.17, 15) is 23.2 Å². The number of hydrogen-bond donors (Lipinski definition) is 1. The van der Waals surface area contributed by atoms with Crippen LogP contribution in [0.4, 0.5) is 18.9 Å². The first kappa shape index (κ1) is 25.2. The summed E-state index contributed by atoms with van der Waals surface area (Å²) in [6, 6.07) is 34.0. The minimum Gasteiger partial charge on any atom is -0.318 e. The number of rotatable bonds is 6. The Morgan fingerprint density at radius 3 is 1.67 bits per heavy atom. The molecule has 0 aliphatic carbocycles. The molecule has 0 heterocycles. The lowest BCUT2D eigenvalue weighted by atomic mass is 9.89. The van der Waals surface area contributed by atoms with E-state index >= 15 is 0 Å². The molecule has 0 aliphatic rings. The van der Waals surface area contributed by atoms with Gasteiger partial charge in [-0.15, -0.1) is 0 Å². The number of benzene rings is 4. The molecule has 4 rings (SSSR count). The van der Waals surface area contributed by atoms with Crippen molar-refractivity contribution < 1.29 is 18.0 Å². The van der Waals surface area contributed by atoms with Gasteiger partial charge in [0.05, 0.1) is 11.6 Å². The van der Waals surface area contributed by atoms with Gasteiger partial charge in [-0.2, -0.15) is 18.4 Å². The number of nitrogens with zero attached hydrogens (tertiary/aromatic N) is 1. The van der Waals surface area contributed by atoms with E-state index in [1.54, 1.807) is 0 Å². The summed E-state index contributed by atoms with van der Waals surface area (Å²) in [5, 5.41) is 14.5. The standard InChI is InChI=1S/C28H19BF3N2OP/c29-25-17-20(18-33)16-21(26(25)34-27(35)28(30,31)32)19-36(22-10-4-1-5-11-22,23-12-6-2-7-13-23)24-14-8-3-9-15-24/h1-17H,19H2/p+1. The number of nitrogens with one attached hydrogen (secondary N) is 1. The van der Waals surface area contributed by atoms with Crippen LogP contribution in [-0.2, 0) is 11.0 Å². The van der Waals surface area contributed by atoms with Gasteiger partial charge in [0.25, 0.3) is 0 Å². The summed E-state index contributed by atoms with van der Waals surface area (Å²) >= 11 is 0. The topological polar surface area (TPSA) is 52.9 Å². The van der Waals surface area contributed by atoms with Crippen molar-refractivity contribution in [2.24, 2.45) is 0 Å². The molecule has 0 fully saturated rings. The van der Waals surface area contributed by atoms with Gasteiger partial charge >= 0.3 is 12.1 Å². The summed E-state index contributed by atoms with van der Waals surface area (Å²) in [5.74, 6) is -2.12. The van der Waals surface area contributed by atoms with E-state index in [1.807, 2.05) is 102 Å². The zero-order chi connectivity index (χ0) is 25.8. The number of carbonyl (C=O) groups excluding carboxylic acids is 1. The van der Waals surface area contributed by atoms with E-state index in [0.717, 1.165) is 15.9 Å². The molecule has 0 saturated heterocycles. The predicted octanol–water partition coefficient (Wildman–Crippen LogP) is 4.35. The molecule has 1 amide bonds. The fourth-order valence-corrected chi connectivity index (χ4v) is 8.52. The molecule has 176 valence electrons. The molecular weight excluding hydrogens is 479 g/mol. The van der Waals surface area contributed by atoms with Crippen molar-refractivity contribution in [1.82, 2.24) is 0 Å². The molecule has 0 aliphatic heterocycles. The van der Waals surface area contributed by atoms with E-state index in [2.05, 4.69) is 0 Å². The predicted molar refractivity (Wildman–Crippen MR) is 140 cm³/mol. The molecule has 2 radical (unpaired) electrons. The average molecular weight is 499 g/mol. The Labute approximate surface area is 209 Å². The van der Waals surface area contributed by atoms with Gasteiger partial charge in [0.1, 0.15) is 37.2 Å². The minimum atomic E-state index is -5.10. The summed E-state index contributed by atoms with van der Waals surface area (Å²) in [6.07, 6.45) is -4.86.